The molecule has 0 bridgehead atoms. The van der Waals surface area contributed by atoms with Crippen molar-refractivity contribution in [3.63, 3.8) is 0 Å². The average molecular weight is 300 g/mol. The number of carbonyl (C=O) groups is 1. The number of hydrogen-bond donors (Lipinski definition) is 2. The summed E-state index contributed by atoms with van der Waals surface area (Å²) in [6.45, 7) is 2.82. The summed E-state index contributed by atoms with van der Waals surface area (Å²) in [6.07, 6.45) is 1.73. The summed E-state index contributed by atoms with van der Waals surface area (Å²) in [5, 5.41) is 8.62. The van der Waals surface area contributed by atoms with Crippen molar-refractivity contribution in [1.82, 2.24) is 5.32 Å². The molecule has 2 aromatic rings. The van der Waals surface area contributed by atoms with E-state index in [0.717, 1.165) is 18.5 Å². The first kappa shape index (κ1) is 14.1. The van der Waals surface area contributed by atoms with E-state index in [1.54, 1.807) is 11.3 Å². The van der Waals surface area contributed by atoms with E-state index in [9.17, 15) is 4.79 Å². The van der Waals surface area contributed by atoms with E-state index in [2.05, 4.69) is 41.1 Å². The lowest BCUT2D eigenvalue weighted by Gasteiger charge is -2.27. The summed E-state index contributed by atoms with van der Waals surface area (Å²) in [5.74, 6) is 0.158. The van der Waals surface area contributed by atoms with E-state index in [0.29, 0.717) is 6.54 Å². The molecule has 3 nitrogen and oxygen atoms in total. The molecule has 3 rings (SSSR count). The smallest absolute Gasteiger partial charge is 0.225 e. The Hall–Kier alpha value is -1.81. The summed E-state index contributed by atoms with van der Waals surface area (Å²) in [4.78, 5) is 13.8. The van der Waals surface area contributed by atoms with E-state index in [4.69, 9.17) is 0 Å². The maximum Gasteiger partial charge on any atom is 0.225 e. The van der Waals surface area contributed by atoms with Crippen LogP contribution in [0.4, 0.5) is 5.69 Å². The highest BCUT2D eigenvalue weighted by atomic mass is 32.1. The number of thiophene rings is 1. The van der Waals surface area contributed by atoms with Crippen molar-refractivity contribution in [2.24, 2.45) is 5.92 Å². The van der Waals surface area contributed by atoms with E-state index in [1.807, 2.05) is 18.2 Å². The fourth-order valence-electron chi connectivity index (χ4n) is 2.78. The zero-order valence-electron chi connectivity index (χ0n) is 12.1. The van der Waals surface area contributed by atoms with Crippen LogP contribution in [0.15, 0.2) is 41.8 Å². The largest absolute Gasteiger partial charge is 0.384 e. The van der Waals surface area contributed by atoms with Crippen LogP contribution in [-0.4, -0.2) is 12.5 Å². The Labute approximate surface area is 129 Å². The molecule has 0 saturated carbocycles. The maximum atomic E-state index is 12.5. The minimum Gasteiger partial charge on any atom is -0.384 e. The molecule has 110 valence electrons. The van der Waals surface area contributed by atoms with E-state index in [-0.39, 0.29) is 17.9 Å². The van der Waals surface area contributed by atoms with E-state index >= 15 is 0 Å². The highest BCUT2D eigenvalue weighted by Crippen LogP contribution is 2.26. The molecule has 0 radical (unpaired) electrons. The Balaban J connectivity index is 1.66. The second-order valence-electron chi connectivity index (χ2n) is 5.42. The van der Waals surface area contributed by atoms with Crippen molar-refractivity contribution >= 4 is 22.9 Å². The van der Waals surface area contributed by atoms with Gasteiger partial charge in [0.15, 0.2) is 0 Å². The standard InChI is InChI=1S/C17H20N2OS/c1-2-14(16-8-5-9-21-16)19-17(20)13-10-12-6-3-4-7-15(12)18-11-13/h3-9,13-14,18H,2,10-11H2,1H3,(H,19,20). The summed E-state index contributed by atoms with van der Waals surface area (Å²) in [6, 6.07) is 12.5. The van der Waals surface area contributed by atoms with Gasteiger partial charge in [0.05, 0.1) is 12.0 Å². The Kier molecular flexibility index (Phi) is 4.25. The van der Waals surface area contributed by atoms with Gasteiger partial charge < -0.3 is 10.6 Å². The molecular formula is C17H20N2OS. The van der Waals surface area contributed by atoms with Gasteiger partial charge in [0.2, 0.25) is 5.91 Å². The van der Waals surface area contributed by atoms with Crippen LogP contribution < -0.4 is 10.6 Å². The highest BCUT2D eigenvalue weighted by Gasteiger charge is 2.26. The molecule has 0 aliphatic carbocycles. The number of fused-ring (bicyclic) bond motifs is 1. The fraction of sp³-hybridized carbons (Fsp3) is 0.353. The number of para-hydroxylation sites is 1. The van der Waals surface area contributed by atoms with Crippen molar-refractivity contribution in [2.75, 3.05) is 11.9 Å². The van der Waals surface area contributed by atoms with Crippen LogP contribution in [0.2, 0.25) is 0 Å². The van der Waals surface area contributed by atoms with Gasteiger partial charge in [0.1, 0.15) is 0 Å². The third kappa shape index (κ3) is 3.10. The predicted molar refractivity (Wildman–Crippen MR) is 87.6 cm³/mol. The Bertz CT molecular complexity index is 609. The number of amides is 1. The molecule has 1 aliphatic heterocycles. The van der Waals surface area contributed by atoms with Crippen LogP contribution in [0.3, 0.4) is 0 Å². The van der Waals surface area contributed by atoms with Crippen molar-refractivity contribution in [3.8, 4) is 0 Å². The molecule has 2 atom stereocenters. The predicted octanol–water partition coefficient (Wildman–Crippen LogP) is 3.60. The van der Waals surface area contributed by atoms with Gasteiger partial charge in [0, 0.05) is 17.1 Å². The topological polar surface area (TPSA) is 41.1 Å². The normalized spacial score (nSPS) is 18.4. The van der Waals surface area contributed by atoms with E-state index < -0.39 is 0 Å². The molecule has 4 heteroatoms. The minimum absolute atomic E-state index is 0.00825. The Morgan fingerprint density at radius 2 is 2.24 bits per heavy atom. The molecule has 0 fully saturated rings. The van der Waals surface area contributed by atoms with Gasteiger partial charge in [0.25, 0.3) is 0 Å². The van der Waals surface area contributed by atoms with Crippen molar-refractivity contribution < 1.29 is 4.79 Å². The van der Waals surface area contributed by atoms with Crippen LogP contribution in [0.5, 0.6) is 0 Å². The highest BCUT2D eigenvalue weighted by molar-refractivity contribution is 7.10. The lowest BCUT2D eigenvalue weighted by molar-refractivity contribution is -0.125. The molecule has 1 aromatic carbocycles. The monoisotopic (exact) mass is 300 g/mol. The van der Waals surface area contributed by atoms with Gasteiger partial charge in [-0.3, -0.25) is 4.79 Å². The molecule has 0 spiro atoms. The van der Waals surface area contributed by atoms with Gasteiger partial charge >= 0.3 is 0 Å². The second kappa shape index (κ2) is 6.31. The number of rotatable bonds is 4. The van der Waals surface area contributed by atoms with Gasteiger partial charge in [-0.2, -0.15) is 0 Å². The Morgan fingerprint density at radius 3 is 3.00 bits per heavy atom. The third-order valence-corrected chi connectivity index (χ3v) is 4.99. The van der Waals surface area contributed by atoms with Crippen LogP contribution >= 0.6 is 11.3 Å². The number of anilines is 1. The first-order valence-electron chi connectivity index (χ1n) is 7.43. The summed E-state index contributed by atoms with van der Waals surface area (Å²) in [5.41, 5.74) is 2.39. The quantitative estimate of drug-likeness (QED) is 0.906. The fourth-order valence-corrected chi connectivity index (χ4v) is 3.64. The lowest BCUT2D eigenvalue weighted by atomic mass is 9.93. The third-order valence-electron chi connectivity index (χ3n) is 4.00. The van der Waals surface area contributed by atoms with Gasteiger partial charge in [-0.05, 0) is 35.9 Å². The lowest BCUT2D eigenvalue weighted by Crippen LogP contribution is -2.39. The van der Waals surface area contributed by atoms with Crippen molar-refractivity contribution in [2.45, 2.75) is 25.8 Å². The maximum absolute atomic E-state index is 12.5. The molecule has 2 heterocycles. The zero-order chi connectivity index (χ0) is 14.7. The van der Waals surface area contributed by atoms with Crippen molar-refractivity contribution in [3.05, 3.63) is 52.2 Å². The summed E-state index contributed by atoms with van der Waals surface area (Å²) < 4.78 is 0. The molecule has 1 aliphatic rings. The van der Waals surface area contributed by atoms with Crippen LogP contribution in [0, 0.1) is 5.92 Å². The van der Waals surface area contributed by atoms with E-state index in [1.165, 1.54) is 10.4 Å². The first-order valence-corrected chi connectivity index (χ1v) is 8.31. The summed E-state index contributed by atoms with van der Waals surface area (Å²) in [7, 11) is 0. The molecule has 21 heavy (non-hydrogen) atoms. The average Bonchev–Trinajstić information content (AvgIpc) is 3.06. The van der Waals surface area contributed by atoms with Gasteiger partial charge in [-0.25, -0.2) is 0 Å². The number of hydrogen-bond acceptors (Lipinski definition) is 3. The minimum atomic E-state index is 0.00825. The molecule has 1 amide bonds. The molecule has 0 saturated heterocycles. The SMILES string of the molecule is CCC(NC(=O)C1CNc2ccccc2C1)c1cccs1. The summed E-state index contributed by atoms with van der Waals surface area (Å²) >= 11 is 1.70. The second-order valence-corrected chi connectivity index (χ2v) is 6.40. The number of carbonyl (C=O) groups excluding carboxylic acids is 1. The molecule has 2 unspecified atom stereocenters. The Morgan fingerprint density at radius 1 is 1.38 bits per heavy atom. The van der Waals surface area contributed by atoms with Gasteiger partial charge in [-0.1, -0.05) is 31.2 Å². The van der Waals surface area contributed by atoms with Gasteiger partial charge in [-0.15, -0.1) is 11.3 Å². The zero-order valence-corrected chi connectivity index (χ0v) is 13.0. The first-order chi connectivity index (χ1) is 10.3. The van der Waals surface area contributed by atoms with Crippen LogP contribution in [-0.2, 0) is 11.2 Å². The number of nitrogens with one attached hydrogen (secondary N) is 2. The van der Waals surface area contributed by atoms with Crippen molar-refractivity contribution in [1.29, 1.82) is 0 Å². The number of benzene rings is 1. The molecular weight excluding hydrogens is 280 g/mol. The molecule has 2 N–H and O–H groups in total. The molecule has 1 aromatic heterocycles. The van der Waals surface area contributed by atoms with Crippen LogP contribution in [0.1, 0.15) is 29.8 Å². The van der Waals surface area contributed by atoms with Crippen LogP contribution in [0.25, 0.3) is 0 Å².